The quantitative estimate of drug-likeness (QED) is 0.569. The molecule has 0 fully saturated rings. The Labute approximate surface area is 137 Å². The minimum Gasteiger partial charge on any atom is -0.444 e. The van der Waals surface area contributed by atoms with E-state index in [0.717, 1.165) is 0 Å². The van der Waals surface area contributed by atoms with Gasteiger partial charge >= 0.3 is 6.09 Å². The SMILES string of the molecule is CC(C)(C)OC(=O)N(CCC#N)Cc1cnc(F)cc1I. The van der Waals surface area contributed by atoms with E-state index in [0.29, 0.717) is 9.13 Å². The topological polar surface area (TPSA) is 66.2 Å². The third kappa shape index (κ3) is 6.25. The monoisotopic (exact) mass is 405 g/mol. The van der Waals surface area contributed by atoms with Gasteiger partial charge in [-0.2, -0.15) is 9.65 Å². The van der Waals surface area contributed by atoms with E-state index in [4.69, 9.17) is 10.00 Å². The van der Waals surface area contributed by atoms with Crippen LogP contribution in [0, 0.1) is 20.8 Å². The minimum atomic E-state index is -0.615. The first-order valence-corrected chi connectivity index (χ1v) is 7.45. The fraction of sp³-hybridized carbons (Fsp3) is 0.500. The number of hydrogen-bond donors (Lipinski definition) is 0. The maximum Gasteiger partial charge on any atom is 0.410 e. The number of rotatable bonds is 4. The van der Waals surface area contributed by atoms with Crippen molar-refractivity contribution < 1.29 is 13.9 Å². The van der Waals surface area contributed by atoms with Gasteiger partial charge in [0.05, 0.1) is 19.0 Å². The van der Waals surface area contributed by atoms with E-state index in [-0.39, 0.29) is 19.5 Å². The number of nitrogens with zero attached hydrogens (tertiary/aromatic N) is 3. The second kappa shape index (κ2) is 7.54. The Hall–Kier alpha value is -1.43. The lowest BCUT2D eigenvalue weighted by atomic mass is 10.2. The van der Waals surface area contributed by atoms with E-state index in [1.54, 1.807) is 20.8 Å². The van der Waals surface area contributed by atoms with E-state index in [2.05, 4.69) is 4.98 Å². The number of aromatic nitrogens is 1. The zero-order valence-electron chi connectivity index (χ0n) is 12.2. The zero-order valence-corrected chi connectivity index (χ0v) is 14.3. The summed E-state index contributed by atoms with van der Waals surface area (Å²) in [5.74, 6) is -0.566. The first-order valence-electron chi connectivity index (χ1n) is 6.37. The largest absolute Gasteiger partial charge is 0.444 e. The summed E-state index contributed by atoms with van der Waals surface area (Å²) in [5, 5.41) is 8.69. The third-order valence-electron chi connectivity index (χ3n) is 2.40. The smallest absolute Gasteiger partial charge is 0.410 e. The molecule has 0 saturated heterocycles. The number of carbonyl (C=O) groups is 1. The zero-order chi connectivity index (χ0) is 16.0. The van der Waals surface area contributed by atoms with Crippen LogP contribution in [0.15, 0.2) is 12.3 Å². The fourth-order valence-electron chi connectivity index (χ4n) is 1.50. The van der Waals surface area contributed by atoms with Crippen LogP contribution in [-0.2, 0) is 11.3 Å². The number of carbonyl (C=O) groups excluding carboxylic acids is 1. The fourth-order valence-corrected chi connectivity index (χ4v) is 2.07. The molecule has 114 valence electrons. The van der Waals surface area contributed by atoms with Gasteiger partial charge in [-0.3, -0.25) is 0 Å². The van der Waals surface area contributed by atoms with Crippen molar-refractivity contribution >= 4 is 28.7 Å². The Morgan fingerprint density at radius 3 is 2.76 bits per heavy atom. The minimum absolute atomic E-state index is 0.199. The summed E-state index contributed by atoms with van der Waals surface area (Å²) in [6.45, 7) is 5.80. The molecule has 0 radical (unpaired) electrons. The van der Waals surface area contributed by atoms with E-state index < -0.39 is 17.6 Å². The second-order valence-electron chi connectivity index (χ2n) is 5.41. The maximum atomic E-state index is 13.0. The highest BCUT2D eigenvalue weighted by atomic mass is 127. The Balaban J connectivity index is 2.87. The highest BCUT2D eigenvalue weighted by molar-refractivity contribution is 14.1. The molecule has 0 atom stereocenters. The molecule has 0 aliphatic rings. The normalized spacial score (nSPS) is 10.9. The van der Waals surface area contributed by atoms with Crippen LogP contribution in [0.25, 0.3) is 0 Å². The van der Waals surface area contributed by atoms with Crippen molar-refractivity contribution in [1.82, 2.24) is 9.88 Å². The van der Waals surface area contributed by atoms with Crippen LogP contribution >= 0.6 is 22.6 Å². The molecule has 1 aromatic rings. The average Bonchev–Trinajstić information content (AvgIpc) is 2.34. The Bertz CT molecular complexity index is 552. The van der Waals surface area contributed by atoms with Gasteiger partial charge in [-0.15, -0.1) is 0 Å². The molecular formula is C14H17FIN3O2. The molecule has 0 unspecified atom stereocenters. The Morgan fingerprint density at radius 2 is 2.24 bits per heavy atom. The number of pyridine rings is 1. The van der Waals surface area contributed by atoms with Crippen LogP contribution < -0.4 is 0 Å². The van der Waals surface area contributed by atoms with E-state index >= 15 is 0 Å². The standard InChI is InChI=1S/C14H17FIN3O2/c1-14(2,3)21-13(20)19(6-4-5-17)9-10-8-18-12(15)7-11(10)16/h7-8H,4,6,9H2,1-3H3. The van der Waals surface area contributed by atoms with Crippen molar-refractivity contribution in [3.8, 4) is 6.07 Å². The lowest BCUT2D eigenvalue weighted by molar-refractivity contribution is 0.0237. The predicted molar refractivity (Wildman–Crippen MR) is 83.8 cm³/mol. The molecule has 1 aromatic heterocycles. The van der Waals surface area contributed by atoms with Gasteiger partial charge in [0.1, 0.15) is 5.60 Å². The highest BCUT2D eigenvalue weighted by Gasteiger charge is 2.22. The van der Waals surface area contributed by atoms with Gasteiger partial charge in [-0.05, 0) is 43.4 Å². The number of halogens is 2. The average molecular weight is 405 g/mol. The third-order valence-corrected chi connectivity index (χ3v) is 3.41. The summed E-state index contributed by atoms with van der Waals surface area (Å²) in [4.78, 5) is 17.2. The summed E-state index contributed by atoms with van der Waals surface area (Å²) in [6.07, 6.45) is 1.09. The second-order valence-corrected chi connectivity index (χ2v) is 6.57. The first kappa shape index (κ1) is 17.6. The molecule has 0 N–H and O–H groups in total. The molecule has 1 rings (SSSR count). The van der Waals surface area contributed by atoms with E-state index in [1.165, 1.54) is 17.2 Å². The van der Waals surface area contributed by atoms with Gasteiger partial charge in [0.15, 0.2) is 0 Å². The maximum absolute atomic E-state index is 13.0. The highest BCUT2D eigenvalue weighted by Crippen LogP contribution is 2.17. The lowest BCUT2D eigenvalue weighted by Crippen LogP contribution is -2.37. The van der Waals surface area contributed by atoms with E-state index in [9.17, 15) is 9.18 Å². The van der Waals surface area contributed by atoms with Gasteiger partial charge < -0.3 is 9.64 Å². The number of hydrogen-bond acceptors (Lipinski definition) is 4. The molecule has 0 saturated carbocycles. The molecule has 1 heterocycles. The molecule has 0 aromatic carbocycles. The van der Waals surface area contributed by atoms with Crippen LogP contribution in [0.4, 0.5) is 9.18 Å². The number of amides is 1. The summed E-state index contributed by atoms with van der Waals surface area (Å²) in [6, 6.07) is 3.30. The van der Waals surface area contributed by atoms with Crippen molar-refractivity contribution in [3.05, 3.63) is 27.3 Å². The molecule has 5 nitrogen and oxygen atoms in total. The Morgan fingerprint density at radius 1 is 1.57 bits per heavy atom. The van der Waals surface area contributed by atoms with E-state index in [1.807, 2.05) is 28.7 Å². The van der Waals surface area contributed by atoms with Crippen molar-refractivity contribution in [3.63, 3.8) is 0 Å². The predicted octanol–water partition coefficient (Wildman–Crippen LogP) is 3.48. The van der Waals surface area contributed by atoms with Crippen molar-refractivity contribution in [1.29, 1.82) is 5.26 Å². The molecule has 21 heavy (non-hydrogen) atoms. The number of ether oxygens (including phenoxy) is 1. The van der Waals surface area contributed by atoms with Crippen molar-refractivity contribution in [2.24, 2.45) is 0 Å². The lowest BCUT2D eigenvalue weighted by Gasteiger charge is -2.27. The van der Waals surface area contributed by atoms with Crippen molar-refractivity contribution in [2.75, 3.05) is 6.54 Å². The van der Waals surface area contributed by atoms with Crippen LogP contribution in [0.2, 0.25) is 0 Å². The molecule has 0 bridgehead atoms. The number of nitriles is 1. The van der Waals surface area contributed by atoms with Crippen LogP contribution in [0.3, 0.4) is 0 Å². The summed E-state index contributed by atoms with van der Waals surface area (Å²) >= 11 is 1.98. The molecule has 1 amide bonds. The van der Waals surface area contributed by atoms with Gasteiger partial charge in [0.25, 0.3) is 0 Å². The van der Waals surface area contributed by atoms with Crippen LogP contribution in [-0.4, -0.2) is 28.1 Å². The summed E-state index contributed by atoms with van der Waals surface area (Å²) in [7, 11) is 0. The molecule has 0 aliphatic heterocycles. The Kier molecular flexibility index (Phi) is 6.33. The molecular weight excluding hydrogens is 388 g/mol. The first-order chi connectivity index (χ1) is 9.73. The van der Waals surface area contributed by atoms with Gasteiger partial charge in [0.2, 0.25) is 5.95 Å². The molecule has 7 heteroatoms. The van der Waals surface area contributed by atoms with Gasteiger partial charge in [0, 0.05) is 27.9 Å². The van der Waals surface area contributed by atoms with Crippen LogP contribution in [0.1, 0.15) is 32.8 Å². The van der Waals surface area contributed by atoms with Gasteiger partial charge in [-0.1, -0.05) is 0 Å². The van der Waals surface area contributed by atoms with Crippen LogP contribution in [0.5, 0.6) is 0 Å². The molecule has 0 aliphatic carbocycles. The van der Waals surface area contributed by atoms with Gasteiger partial charge in [-0.25, -0.2) is 9.78 Å². The summed E-state index contributed by atoms with van der Waals surface area (Å²) < 4.78 is 19.0. The summed E-state index contributed by atoms with van der Waals surface area (Å²) in [5.41, 5.74) is 0.0942. The molecule has 0 spiro atoms. The van der Waals surface area contributed by atoms with Crippen molar-refractivity contribution in [2.45, 2.75) is 39.3 Å².